The zero-order valence-electron chi connectivity index (χ0n) is 10.3. The van der Waals surface area contributed by atoms with E-state index in [1.54, 1.807) is 6.07 Å². The van der Waals surface area contributed by atoms with Crippen LogP contribution in [0.5, 0.6) is 0 Å². The summed E-state index contributed by atoms with van der Waals surface area (Å²) in [5.74, 6) is 0. The zero-order valence-corrected chi connectivity index (χ0v) is 12.4. The van der Waals surface area contributed by atoms with Crippen molar-refractivity contribution in [2.45, 2.75) is 25.6 Å². The molecule has 1 saturated heterocycles. The molecule has 2 N–H and O–H groups in total. The van der Waals surface area contributed by atoms with Gasteiger partial charge in [0.25, 0.3) is 0 Å². The number of halogens is 4. The standard InChI is InChI=1S/C12H16F3IN2/c1-8-5-6-16(2)18(8)9-3-4-11(17)10(7-9)12(13,14)15/h3-4,7-8H,5-6,17H2,1-2H3. The molecule has 0 radical (unpaired) electrons. The predicted molar refractivity (Wildman–Crippen MR) is 77.2 cm³/mol. The number of benzene rings is 1. The van der Waals surface area contributed by atoms with Gasteiger partial charge in [0, 0.05) is 0 Å². The molecule has 6 heteroatoms. The van der Waals surface area contributed by atoms with Gasteiger partial charge in [-0.2, -0.15) is 0 Å². The van der Waals surface area contributed by atoms with Crippen molar-refractivity contribution in [1.29, 1.82) is 0 Å². The molecule has 0 amide bonds. The minimum atomic E-state index is -4.38. The summed E-state index contributed by atoms with van der Waals surface area (Å²) in [7, 11) is 0. The first-order valence-electron chi connectivity index (χ1n) is 5.63. The Hall–Kier alpha value is -0.660. The van der Waals surface area contributed by atoms with Gasteiger partial charge in [-0.3, -0.25) is 0 Å². The molecule has 102 valence electrons. The molecule has 18 heavy (non-hydrogen) atoms. The monoisotopic (exact) mass is 372 g/mol. The average Bonchev–Trinajstić information content (AvgIpc) is 2.58. The topological polar surface area (TPSA) is 29.3 Å². The second-order valence-electron chi connectivity index (χ2n) is 4.46. The predicted octanol–water partition coefficient (Wildman–Crippen LogP) is 3.94. The summed E-state index contributed by atoms with van der Waals surface area (Å²) in [6, 6.07) is 4.61. The first kappa shape index (κ1) is 13.8. The number of anilines is 2. The number of alkyl halides is 5. The fraction of sp³-hybridized carbons (Fsp3) is 0.500. The molecule has 2 nitrogen and oxygen atoms in total. The van der Waals surface area contributed by atoms with Crippen LogP contribution in [0.4, 0.5) is 24.5 Å². The fourth-order valence-corrected chi connectivity index (χ4v) is 7.62. The van der Waals surface area contributed by atoms with Crippen LogP contribution in [0.3, 0.4) is 0 Å². The van der Waals surface area contributed by atoms with Crippen LogP contribution < -0.4 is 8.85 Å². The first-order chi connectivity index (χ1) is 8.30. The Labute approximate surface area is 112 Å². The number of rotatable bonds is 1. The van der Waals surface area contributed by atoms with Crippen molar-refractivity contribution in [3.8, 4) is 0 Å². The maximum atomic E-state index is 12.8. The van der Waals surface area contributed by atoms with Crippen molar-refractivity contribution < 1.29 is 13.2 Å². The van der Waals surface area contributed by atoms with E-state index in [9.17, 15) is 13.2 Å². The third-order valence-corrected chi connectivity index (χ3v) is 8.55. The van der Waals surface area contributed by atoms with E-state index in [-0.39, 0.29) is 5.69 Å². The Bertz CT molecular complexity index is 437. The Morgan fingerprint density at radius 2 is 2.06 bits per heavy atom. The Morgan fingerprint density at radius 1 is 1.39 bits per heavy atom. The number of nitrogens with zero attached hydrogens (tertiary/aromatic N) is 1. The van der Waals surface area contributed by atoms with Crippen LogP contribution in [0, 0.1) is 0 Å². The average molecular weight is 372 g/mol. The van der Waals surface area contributed by atoms with Gasteiger partial charge in [0.2, 0.25) is 0 Å². The van der Waals surface area contributed by atoms with Crippen molar-refractivity contribution in [1.82, 2.24) is 0 Å². The molecule has 0 aliphatic carbocycles. The van der Waals surface area contributed by atoms with E-state index < -0.39 is 31.8 Å². The SMILES string of the molecule is CC1CCI(C)N1c1ccc(N)c(C(F)(F)F)c1. The van der Waals surface area contributed by atoms with Gasteiger partial charge in [0.1, 0.15) is 0 Å². The van der Waals surface area contributed by atoms with E-state index in [0.29, 0.717) is 11.7 Å². The molecule has 1 fully saturated rings. The van der Waals surface area contributed by atoms with Crippen LogP contribution in [0.25, 0.3) is 0 Å². The number of nitrogens with two attached hydrogens (primary N) is 1. The molecule has 1 aliphatic rings. The summed E-state index contributed by atoms with van der Waals surface area (Å²) in [5.41, 5.74) is 5.17. The zero-order chi connectivity index (χ0) is 13.5. The molecular formula is C12H16F3IN2. The van der Waals surface area contributed by atoms with Crippen LogP contribution in [-0.2, 0) is 6.18 Å². The number of hydrogen-bond donors (Lipinski definition) is 1. The van der Waals surface area contributed by atoms with Gasteiger partial charge in [-0.25, -0.2) is 0 Å². The molecule has 1 heterocycles. The molecule has 1 aromatic rings. The maximum absolute atomic E-state index is 12.8. The number of nitrogen functional groups attached to an aromatic ring is 1. The molecule has 1 aliphatic heterocycles. The molecule has 1 atom stereocenters. The molecular weight excluding hydrogens is 356 g/mol. The van der Waals surface area contributed by atoms with Crippen LogP contribution in [-0.4, -0.2) is 15.4 Å². The van der Waals surface area contributed by atoms with E-state index in [0.717, 1.165) is 10.8 Å². The van der Waals surface area contributed by atoms with Gasteiger partial charge >= 0.3 is 112 Å². The van der Waals surface area contributed by atoms with Gasteiger partial charge < -0.3 is 0 Å². The van der Waals surface area contributed by atoms with Crippen LogP contribution in [0.15, 0.2) is 18.2 Å². The van der Waals surface area contributed by atoms with Crippen LogP contribution >= 0.6 is 20.1 Å². The van der Waals surface area contributed by atoms with Gasteiger partial charge in [-0.05, 0) is 0 Å². The summed E-state index contributed by atoms with van der Waals surface area (Å²) in [4.78, 5) is 2.19. The Kier molecular flexibility index (Phi) is 3.66. The van der Waals surface area contributed by atoms with Gasteiger partial charge in [0.05, 0.1) is 0 Å². The summed E-state index contributed by atoms with van der Waals surface area (Å²) < 4.78 is 41.8. The summed E-state index contributed by atoms with van der Waals surface area (Å²) in [6.07, 6.45) is -3.30. The van der Waals surface area contributed by atoms with E-state index in [2.05, 4.69) is 15.0 Å². The van der Waals surface area contributed by atoms with Crippen LogP contribution in [0.1, 0.15) is 18.9 Å². The van der Waals surface area contributed by atoms with E-state index in [1.807, 2.05) is 0 Å². The summed E-state index contributed by atoms with van der Waals surface area (Å²) in [6.45, 7) is 2.07. The molecule has 1 aromatic carbocycles. The third kappa shape index (κ3) is 2.53. The Balaban J connectivity index is 2.41. The van der Waals surface area contributed by atoms with Crippen LogP contribution in [0.2, 0.25) is 0 Å². The molecule has 1 unspecified atom stereocenters. The van der Waals surface area contributed by atoms with Gasteiger partial charge in [-0.1, -0.05) is 0 Å². The third-order valence-electron chi connectivity index (χ3n) is 3.09. The van der Waals surface area contributed by atoms with Gasteiger partial charge in [-0.15, -0.1) is 0 Å². The quantitative estimate of drug-likeness (QED) is 0.350. The Morgan fingerprint density at radius 3 is 2.56 bits per heavy atom. The van der Waals surface area contributed by atoms with Gasteiger partial charge in [0.15, 0.2) is 0 Å². The molecule has 2 rings (SSSR count). The van der Waals surface area contributed by atoms with E-state index in [4.69, 9.17) is 5.73 Å². The fourth-order valence-electron chi connectivity index (χ4n) is 2.15. The molecule has 0 aromatic heterocycles. The van der Waals surface area contributed by atoms with E-state index in [1.165, 1.54) is 12.1 Å². The van der Waals surface area contributed by atoms with Crippen molar-refractivity contribution in [2.75, 3.05) is 18.2 Å². The second kappa shape index (κ2) is 4.79. The second-order valence-corrected chi connectivity index (χ2v) is 9.75. The molecule has 0 bridgehead atoms. The van der Waals surface area contributed by atoms with Crippen molar-refractivity contribution in [3.63, 3.8) is 0 Å². The van der Waals surface area contributed by atoms with E-state index >= 15 is 0 Å². The summed E-state index contributed by atoms with van der Waals surface area (Å²) in [5, 5.41) is 0. The first-order valence-corrected chi connectivity index (χ1v) is 10.3. The summed E-state index contributed by atoms with van der Waals surface area (Å²) >= 11 is -1.29. The minimum absolute atomic E-state index is 0.199. The molecule has 0 saturated carbocycles. The van der Waals surface area contributed by atoms with Crippen molar-refractivity contribution >= 4 is 31.5 Å². The van der Waals surface area contributed by atoms with Crippen molar-refractivity contribution in [2.24, 2.45) is 0 Å². The molecule has 0 spiro atoms. The number of hydrogen-bond acceptors (Lipinski definition) is 2. The normalized spacial score (nSPS) is 22.6. The van der Waals surface area contributed by atoms with Crippen molar-refractivity contribution in [3.05, 3.63) is 23.8 Å².